The lowest BCUT2D eigenvalue weighted by Gasteiger charge is -2.35. The van der Waals surface area contributed by atoms with E-state index in [0.29, 0.717) is 43.7 Å². The van der Waals surface area contributed by atoms with Crippen LogP contribution in [-0.2, 0) is 9.59 Å². The van der Waals surface area contributed by atoms with Gasteiger partial charge >= 0.3 is 0 Å². The van der Waals surface area contributed by atoms with Crippen molar-refractivity contribution in [1.29, 1.82) is 0 Å². The van der Waals surface area contributed by atoms with Gasteiger partial charge in [0, 0.05) is 51.4 Å². The van der Waals surface area contributed by atoms with E-state index in [1.54, 1.807) is 34.1 Å². The van der Waals surface area contributed by atoms with Gasteiger partial charge in [0.2, 0.25) is 11.8 Å². The Labute approximate surface area is 156 Å². The maximum atomic E-state index is 12.4. The van der Waals surface area contributed by atoms with Gasteiger partial charge in [-0.25, -0.2) is 0 Å². The minimum atomic E-state index is -0.352. The summed E-state index contributed by atoms with van der Waals surface area (Å²) in [6, 6.07) is 6.66. The Kier molecular flexibility index (Phi) is 5.56. The van der Waals surface area contributed by atoms with Crippen molar-refractivity contribution in [2.45, 2.75) is 12.8 Å². The van der Waals surface area contributed by atoms with Crippen molar-refractivity contribution in [3.63, 3.8) is 0 Å². The quantitative estimate of drug-likeness (QED) is 0.566. The molecule has 0 bridgehead atoms. The second-order valence-corrected chi connectivity index (χ2v) is 6.64. The number of halogens is 1. The molecule has 7 nitrogen and oxygen atoms in total. The van der Waals surface area contributed by atoms with Gasteiger partial charge in [0.1, 0.15) is 0 Å². The standard InChI is InChI=1S/C18H20ClN3O4/c19-7-5-15(23)20-9-11-21(12-10-20)16(24)6-8-22-17(25)13-3-1-2-4-14(13)18(22)26/h1-4H,5-12H2. The molecule has 0 spiro atoms. The average Bonchev–Trinajstić information content (AvgIpc) is 2.91. The first kappa shape index (κ1) is 18.4. The fraction of sp³-hybridized carbons (Fsp3) is 0.444. The molecule has 1 saturated heterocycles. The second kappa shape index (κ2) is 7.86. The van der Waals surface area contributed by atoms with Crippen LogP contribution in [0.25, 0.3) is 0 Å². The summed E-state index contributed by atoms with van der Waals surface area (Å²) >= 11 is 5.58. The third kappa shape index (κ3) is 3.58. The van der Waals surface area contributed by atoms with E-state index in [1.165, 1.54) is 0 Å². The zero-order valence-electron chi connectivity index (χ0n) is 14.3. The van der Waals surface area contributed by atoms with Crippen molar-refractivity contribution in [2.24, 2.45) is 0 Å². The van der Waals surface area contributed by atoms with Gasteiger partial charge in [-0.05, 0) is 12.1 Å². The monoisotopic (exact) mass is 377 g/mol. The van der Waals surface area contributed by atoms with Gasteiger partial charge in [-0.2, -0.15) is 0 Å². The van der Waals surface area contributed by atoms with Crippen LogP contribution in [0.2, 0.25) is 0 Å². The minimum Gasteiger partial charge on any atom is -0.339 e. The smallest absolute Gasteiger partial charge is 0.261 e. The van der Waals surface area contributed by atoms with Crippen molar-refractivity contribution in [2.75, 3.05) is 38.6 Å². The van der Waals surface area contributed by atoms with E-state index < -0.39 is 0 Å². The molecule has 2 aliphatic rings. The number of benzene rings is 1. The Morgan fingerprint density at radius 3 is 1.77 bits per heavy atom. The van der Waals surface area contributed by atoms with Crippen LogP contribution in [0.3, 0.4) is 0 Å². The molecule has 1 aromatic rings. The molecule has 0 aliphatic carbocycles. The molecule has 8 heteroatoms. The molecule has 4 amide bonds. The highest BCUT2D eigenvalue weighted by Crippen LogP contribution is 2.22. The predicted molar refractivity (Wildman–Crippen MR) is 94.9 cm³/mol. The van der Waals surface area contributed by atoms with E-state index in [9.17, 15) is 19.2 Å². The molecule has 26 heavy (non-hydrogen) atoms. The minimum absolute atomic E-state index is 0.00174. The van der Waals surface area contributed by atoms with Gasteiger partial charge in [0.25, 0.3) is 11.8 Å². The number of carbonyl (C=O) groups excluding carboxylic acids is 4. The van der Waals surface area contributed by atoms with Crippen LogP contribution in [0.15, 0.2) is 24.3 Å². The lowest BCUT2D eigenvalue weighted by molar-refractivity contribution is -0.139. The molecule has 1 fully saturated rings. The fourth-order valence-electron chi connectivity index (χ4n) is 3.25. The van der Waals surface area contributed by atoms with E-state index in [4.69, 9.17) is 11.6 Å². The Morgan fingerprint density at radius 2 is 1.31 bits per heavy atom. The molecule has 0 aromatic heterocycles. The van der Waals surface area contributed by atoms with Crippen molar-refractivity contribution in [1.82, 2.24) is 14.7 Å². The third-order valence-corrected chi connectivity index (χ3v) is 4.91. The molecular weight excluding hydrogens is 358 g/mol. The number of hydrogen-bond acceptors (Lipinski definition) is 4. The fourth-order valence-corrected chi connectivity index (χ4v) is 3.41. The van der Waals surface area contributed by atoms with Crippen LogP contribution in [-0.4, -0.2) is 76.9 Å². The van der Waals surface area contributed by atoms with Gasteiger partial charge < -0.3 is 9.80 Å². The van der Waals surface area contributed by atoms with Crippen LogP contribution in [0.5, 0.6) is 0 Å². The van der Waals surface area contributed by atoms with Gasteiger partial charge in [-0.15, -0.1) is 11.6 Å². The Hall–Kier alpha value is -2.41. The predicted octanol–water partition coefficient (Wildman–Crippen LogP) is 0.972. The highest BCUT2D eigenvalue weighted by atomic mass is 35.5. The number of rotatable bonds is 5. The molecule has 0 N–H and O–H groups in total. The Morgan fingerprint density at radius 1 is 0.846 bits per heavy atom. The van der Waals surface area contributed by atoms with Crippen molar-refractivity contribution in [3.8, 4) is 0 Å². The highest BCUT2D eigenvalue weighted by Gasteiger charge is 2.35. The lowest BCUT2D eigenvalue weighted by atomic mass is 10.1. The van der Waals surface area contributed by atoms with E-state index in [0.717, 1.165) is 4.90 Å². The van der Waals surface area contributed by atoms with E-state index >= 15 is 0 Å². The van der Waals surface area contributed by atoms with Gasteiger partial charge in [-0.3, -0.25) is 24.1 Å². The topological polar surface area (TPSA) is 78.0 Å². The lowest BCUT2D eigenvalue weighted by Crippen LogP contribution is -2.51. The summed E-state index contributed by atoms with van der Waals surface area (Å²) < 4.78 is 0. The summed E-state index contributed by atoms with van der Waals surface area (Å²) in [5.74, 6) is -0.535. The summed E-state index contributed by atoms with van der Waals surface area (Å²) in [5.41, 5.74) is 0.771. The molecular formula is C18H20ClN3O4. The van der Waals surface area contributed by atoms with Crippen molar-refractivity contribution >= 4 is 35.2 Å². The Balaban J connectivity index is 1.51. The van der Waals surface area contributed by atoms with Crippen LogP contribution < -0.4 is 0 Å². The molecule has 0 unspecified atom stereocenters. The first-order valence-electron chi connectivity index (χ1n) is 8.59. The molecule has 138 valence electrons. The average molecular weight is 378 g/mol. The van der Waals surface area contributed by atoms with E-state index in [2.05, 4.69) is 0 Å². The number of amides is 4. The molecule has 0 atom stereocenters. The number of piperazine rings is 1. The maximum absolute atomic E-state index is 12.4. The largest absolute Gasteiger partial charge is 0.339 e. The number of carbonyl (C=O) groups is 4. The van der Waals surface area contributed by atoms with Crippen LogP contribution in [0.1, 0.15) is 33.6 Å². The van der Waals surface area contributed by atoms with Crippen LogP contribution in [0.4, 0.5) is 0 Å². The zero-order valence-corrected chi connectivity index (χ0v) is 15.1. The number of alkyl halides is 1. The summed E-state index contributed by atoms with van der Waals surface area (Å²) in [4.78, 5) is 53.3. The number of hydrogen-bond donors (Lipinski definition) is 0. The zero-order chi connectivity index (χ0) is 18.7. The van der Waals surface area contributed by atoms with Crippen molar-refractivity contribution < 1.29 is 19.2 Å². The molecule has 2 aliphatic heterocycles. The normalized spacial score (nSPS) is 16.9. The van der Waals surface area contributed by atoms with Crippen molar-refractivity contribution in [3.05, 3.63) is 35.4 Å². The molecule has 1 aromatic carbocycles. The third-order valence-electron chi connectivity index (χ3n) is 4.72. The first-order valence-corrected chi connectivity index (χ1v) is 9.13. The summed E-state index contributed by atoms with van der Waals surface area (Å²) in [5, 5.41) is 0. The number of fused-ring (bicyclic) bond motifs is 1. The van der Waals surface area contributed by atoms with E-state index in [1.807, 2.05) is 0 Å². The SMILES string of the molecule is O=C(CCCl)N1CCN(C(=O)CCN2C(=O)c3ccccc3C2=O)CC1. The molecule has 3 rings (SSSR count). The summed E-state index contributed by atoms with van der Waals surface area (Å²) in [6.45, 7) is 1.93. The van der Waals surface area contributed by atoms with E-state index in [-0.39, 0.29) is 42.5 Å². The number of imide groups is 1. The second-order valence-electron chi connectivity index (χ2n) is 6.26. The molecule has 0 radical (unpaired) electrons. The maximum Gasteiger partial charge on any atom is 0.261 e. The summed E-state index contributed by atoms with van der Waals surface area (Å²) in [6.07, 6.45) is 0.385. The molecule has 0 saturated carbocycles. The van der Waals surface area contributed by atoms with Crippen LogP contribution in [0, 0.1) is 0 Å². The first-order chi connectivity index (χ1) is 12.5. The van der Waals surface area contributed by atoms with Crippen LogP contribution >= 0.6 is 11.6 Å². The van der Waals surface area contributed by atoms with Gasteiger partial charge in [0.05, 0.1) is 11.1 Å². The van der Waals surface area contributed by atoms with Gasteiger partial charge in [-0.1, -0.05) is 12.1 Å². The Bertz CT molecular complexity index is 709. The van der Waals surface area contributed by atoms with Gasteiger partial charge in [0.15, 0.2) is 0 Å². The number of nitrogens with zero attached hydrogens (tertiary/aromatic N) is 3. The summed E-state index contributed by atoms with van der Waals surface area (Å²) in [7, 11) is 0. The molecule has 2 heterocycles. The highest BCUT2D eigenvalue weighted by molar-refractivity contribution is 6.21.